The largest absolute Gasteiger partial charge is 0.486 e. The maximum atomic E-state index is 13.5. The summed E-state index contributed by atoms with van der Waals surface area (Å²) in [7, 11) is -3.89. The van der Waals surface area contributed by atoms with Crippen LogP contribution in [0.2, 0.25) is 5.02 Å². The van der Waals surface area contributed by atoms with E-state index in [9.17, 15) is 13.2 Å². The molecule has 5 rings (SSSR count). The Bertz CT molecular complexity index is 1470. The van der Waals surface area contributed by atoms with E-state index in [2.05, 4.69) is 4.98 Å². The molecule has 4 aromatic rings. The summed E-state index contributed by atoms with van der Waals surface area (Å²) < 4.78 is 39.5. The summed E-state index contributed by atoms with van der Waals surface area (Å²) in [4.78, 5) is 16.7. The first kappa shape index (κ1) is 22.0. The van der Waals surface area contributed by atoms with Crippen molar-refractivity contribution in [2.24, 2.45) is 0 Å². The van der Waals surface area contributed by atoms with E-state index in [1.54, 1.807) is 18.2 Å². The Hall–Kier alpha value is -2.85. The quantitative estimate of drug-likeness (QED) is 0.422. The Morgan fingerprint density at radius 2 is 1.73 bits per heavy atom. The van der Waals surface area contributed by atoms with Crippen molar-refractivity contribution in [3.8, 4) is 11.5 Å². The number of hydrogen-bond donors (Lipinski definition) is 1. The molecule has 3 heterocycles. The summed E-state index contributed by atoms with van der Waals surface area (Å²) in [6.07, 6.45) is 0. The van der Waals surface area contributed by atoms with E-state index in [1.165, 1.54) is 39.9 Å². The Labute approximate surface area is 199 Å². The summed E-state index contributed by atoms with van der Waals surface area (Å²) in [5.41, 5.74) is 0.563. The fraction of sp³-hybridized carbons (Fsp3) is 0.174. The minimum absolute atomic E-state index is 0.0947. The summed E-state index contributed by atoms with van der Waals surface area (Å²) in [5.74, 6) is 1.16. The van der Waals surface area contributed by atoms with Crippen molar-refractivity contribution in [2.75, 3.05) is 13.2 Å². The van der Waals surface area contributed by atoms with Gasteiger partial charge in [0.2, 0.25) is 10.0 Å². The summed E-state index contributed by atoms with van der Waals surface area (Å²) in [5, 5.41) is 3.06. The van der Waals surface area contributed by atoms with Crippen molar-refractivity contribution in [1.82, 2.24) is 9.29 Å². The number of nitrogens with one attached hydrogen (secondary N) is 1. The number of aromatic nitrogens is 1. The molecule has 1 aliphatic heterocycles. The first-order chi connectivity index (χ1) is 15.9. The normalized spacial score (nSPS) is 13.5. The third kappa shape index (κ3) is 4.49. The van der Waals surface area contributed by atoms with Crippen molar-refractivity contribution >= 4 is 43.9 Å². The molecule has 1 aliphatic rings. The zero-order valence-corrected chi connectivity index (χ0v) is 19.7. The molecular formula is C23H19ClN2O5S2. The topological polar surface area (TPSA) is 88.7 Å². The number of nitrogens with zero attached hydrogens (tertiary/aromatic N) is 1. The van der Waals surface area contributed by atoms with Gasteiger partial charge >= 0.3 is 0 Å². The van der Waals surface area contributed by atoms with Crippen LogP contribution in [0.15, 0.2) is 69.7 Å². The van der Waals surface area contributed by atoms with Crippen LogP contribution in [0.1, 0.15) is 10.4 Å². The highest BCUT2D eigenvalue weighted by Crippen LogP contribution is 2.34. The number of aromatic amines is 1. The monoisotopic (exact) mass is 502 g/mol. The maximum absolute atomic E-state index is 13.5. The minimum atomic E-state index is -3.89. The van der Waals surface area contributed by atoms with Crippen molar-refractivity contribution in [3.05, 3.63) is 85.8 Å². The molecule has 0 saturated heterocycles. The molecule has 0 aliphatic carbocycles. The molecule has 0 amide bonds. The van der Waals surface area contributed by atoms with E-state index in [1.807, 2.05) is 17.5 Å². The number of rotatable bonds is 6. The molecule has 2 aromatic heterocycles. The van der Waals surface area contributed by atoms with Gasteiger partial charge in [0.15, 0.2) is 11.5 Å². The fourth-order valence-corrected chi connectivity index (χ4v) is 5.98. The molecular weight excluding hydrogens is 484 g/mol. The second-order valence-electron chi connectivity index (χ2n) is 7.51. The third-order valence-electron chi connectivity index (χ3n) is 5.29. The molecule has 0 radical (unpaired) electrons. The highest BCUT2D eigenvalue weighted by Gasteiger charge is 2.26. The van der Waals surface area contributed by atoms with Crippen LogP contribution in [0, 0.1) is 0 Å². The summed E-state index contributed by atoms with van der Waals surface area (Å²) in [6, 6.07) is 14.9. The number of H-pyrrole nitrogens is 1. The molecule has 0 saturated carbocycles. The van der Waals surface area contributed by atoms with Gasteiger partial charge in [0.25, 0.3) is 5.56 Å². The summed E-state index contributed by atoms with van der Waals surface area (Å²) >= 11 is 7.40. The number of benzene rings is 2. The van der Waals surface area contributed by atoms with E-state index in [4.69, 9.17) is 21.1 Å². The van der Waals surface area contributed by atoms with Crippen LogP contribution in [-0.4, -0.2) is 30.9 Å². The van der Waals surface area contributed by atoms with Gasteiger partial charge in [0, 0.05) is 40.0 Å². The molecule has 2 aromatic carbocycles. The second kappa shape index (κ2) is 8.83. The Balaban J connectivity index is 1.55. The van der Waals surface area contributed by atoms with Gasteiger partial charge in [-0.3, -0.25) is 4.79 Å². The van der Waals surface area contributed by atoms with Gasteiger partial charge in [-0.1, -0.05) is 17.7 Å². The van der Waals surface area contributed by atoms with Crippen LogP contribution in [0.3, 0.4) is 0 Å². The van der Waals surface area contributed by atoms with Crippen LogP contribution in [-0.2, 0) is 23.1 Å². The maximum Gasteiger partial charge on any atom is 0.252 e. The lowest BCUT2D eigenvalue weighted by molar-refractivity contribution is 0.172. The first-order valence-corrected chi connectivity index (χ1v) is 12.8. The average molecular weight is 503 g/mol. The van der Waals surface area contributed by atoms with Crippen LogP contribution in [0.4, 0.5) is 0 Å². The Morgan fingerprint density at radius 1 is 1.00 bits per heavy atom. The Morgan fingerprint density at radius 3 is 2.42 bits per heavy atom. The molecule has 0 spiro atoms. The smallest absolute Gasteiger partial charge is 0.252 e. The van der Waals surface area contributed by atoms with E-state index in [0.717, 1.165) is 10.3 Å². The predicted molar refractivity (Wildman–Crippen MR) is 128 cm³/mol. The average Bonchev–Trinajstić information content (AvgIpc) is 3.31. The van der Waals surface area contributed by atoms with Crippen molar-refractivity contribution in [2.45, 2.75) is 18.0 Å². The molecule has 0 unspecified atom stereocenters. The zero-order valence-electron chi connectivity index (χ0n) is 17.3. The second-order valence-corrected chi connectivity index (χ2v) is 10.9. The van der Waals surface area contributed by atoms with Crippen molar-refractivity contribution < 1.29 is 17.9 Å². The van der Waals surface area contributed by atoms with Crippen LogP contribution >= 0.6 is 22.9 Å². The van der Waals surface area contributed by atoms with Crippen LogP contribution < -0.4 is 15.0 Å². The fourth-order valence-electron chi connectivity index (χ4n) is 3.65. The number of hydrogen-bond acceptors (Lipinski definition) is 6. The van der Waals surface area contributed by atoms with Gasteiger partial charge in [-0.25, -0.2) is 8.42 Å². The van der Waals surface area contributed by atoms with E-state index >= 15 is 0 Å². The van der Waals surface area contributed by atoms with Gasteiger partial charge in [-0.05, 0) is 47.8 Å². The number of fused-ring (bicyclic) bond motifs is 2. The zero-order chi connectivity index (χ0) is 23.0. The van der Waals surface area contributed by atoms with Crippen LogP contribution in [0.25, 0.3) is 10.9 Å². The van der Waals surface area contributed by atoms with E-state index in [-0.39, 0.29) is 23.5 Å². The highest BCUT2D eigenvalue weighted by atomic mass is 35.5. The lowest BCUT2D eigenvalue weighted by atomic mass is 10.1. The number of sulfonamides is 1. The van der Waals surface area contributed by atoms with Gasteiger partial charge in [-0.15, -0.1) is 11.3 Å². The molecule has 1 N–H and O–H groups in total. The predicted octanol–water partition coefficient (Wildman–Crippen LogP) is 4.41. The Kier molecular flexibility index (Phi) is 5.88. The van der Waals surface area contributed by atoms with Crippen molar-refractivity contribution in [1.29, 1.82) is 0 Å². The molecule has 33 heavy (non-hydrogen) atoms. The number of pyridine rings is 1. The van der Waals surface area contributed by atoms with Gasteiger partial charge in [-0.2, -0.15) is 4.31 Å². The van der Waals surface area contributed by atoms with E-state index < -0.39 is 10.0 Å². The number of ether oxygens (including phenoxy) is 2. The lowest BCUT2D eigenvalue weighted by Gasteiger charge is -2.22. The van der Waals surface area contributed by atoms with Gasteiger partial charge in [0.1, 0.15) is 13.2 Å². The minimum Gasteiger partial charge on any atom is -0.486 e. The molecule has 0 bridgehead atoms. The SMILES string of the molecule is O=c1[nH]c2cc3c(cc2cc1CN(Cc1cccs1)S(=O)(=O)c1ccc(Cl)cc1)OCCO3. The molecule has 0 fully saturated rings. The third-order valence-corrected chi connectivity index (χ3v) is 8.21. The summed E-state index contributed by atoms with van der Waals surface area (Å²) in [6.45, 7) is 0.938. The highest BCUT2D eigenvalue weighted by molar-refractivity contribution is 7.89. The van der Waals surface area contributed by atoms with E-state index in [0.29, 0.717) is 40.8 Å². The molecule has 10 heteroatoms. The van der Waals surface area contributed by atoms with Crippen molar-refractivity contribution in [3.63, 3.8) is 0 Å². The van der Waals surface area contributed by atoms with Gasteiger partial charge in [0.05, 0.1) is 10.4 Å². The number of thiophene rings is 1. The standard InChI is InChI=1S/C23H19ClN2O5S2/c24-17-3-5-19(6-4-17)33(28,29)26(14-18-2-1-9-32-18)13-16-10-15-11-21-22(31-8-7-30-21)12-20(15)25-23(16)27/h1-6,9-12H,7-8,13-14H2,(H,25,27). The lowest BCUT2D eigenvalue weighted by Crippen LogP contribution is -2.32. The number of halogens is 1. The molecule has 170 valence electrons. The molecule has 0 atom stereocenters. The van der Waals surface area contributed by atoms with Crippen LogP contribution in [0.5, 0.6) is 11.5 Å². The molecule has 7 nitrogen and oxygen atoms in total. The van der Waals surface area contributed by atoms with Gasteiger partial charge < -0.3 is 14.5 Å². The first-order valence-electron chi connectivity index (χ1n) is 10.1.